The van der Waals surface area contributed by atoms with Crippen molar-refractivity contribution in [3.8, 4) is 0 Å². The average molecular weight is 264 g/mol. The van der Waals surface area contributed by atoms with E-state index in [9.17, 15) is 14.7 Å². The highest BCUT2D eigenvalue weighted by Crippen LogP contribution is 2.66. The van der Waals surface area contributed by atoms with E-state index in [-0.39, 0.29) is 41.2 Å². The van der Waals surface area contributed by atoms with Gasteiger partial charge in [-0.1, -0.05) is 26.8 Å². The van der Waals surface area contributed by atoms with Gasteiger partial charge in [0.1, 0.15) is 0 Å². The molecule has 2 aliphatic carbocycles. The van der Waals surface area contributed by atoms with Gasteiger partial charge >= 0.3 is 11.9 Å². The zero-order valence-electron chi connectivity index (χ0n) is 11.6. The fourth-order valence-electron chi connectivity index (χ4n) is 4.79. The number of aliphatic carboxylic acids is 1. The van der Waals surface area contributed by atoms with Crippen LogP contribution in [0.25, 0.3) is 0 Å². The lowest BCUT2D eigenvalue weighted by atomic mass is 9.61. The highest BCUT2D eigenvalue weighted by Gasteiger charge is 2.65. The molecular formula is C15H20O4. The Hall–Kier alpha value is -1.32. The summed E-state index contributed by atoms with van der Waals surface area (Å²) in [6.45, 7) is 6.55. The molecular weight excluding hydrogens is 244 g/mol. The molecule has 1 spiro atoms. The Labute approximate surface area is 112 Å². The molecule has 1 saturated carbocycles. The Morgan fingerprint density at radius 3 is 2.79 bits per heavy atom. The lowest BCUT2D eigenvalue weighted by Crippen LogP contribution is -2.48. The predicted octanol–water partition coefficient (Wildman–Crippen LogP) is 2.24. The van der Waals surface area contributed by atoms with E-state index in [4.69, 9.17) is 4.74 Å². The highest BCUT2D eigenvalue weighted by atomic mass is 16.5. The summed E-state index contributed by atoms with van der Waals surface area (Å²) in [5, 5.41) is 9.38. The van der Waals surface area contributed by atoms with E-state index in [0.29, 0.717) is 5.57 Å². The van der Waals surface area contributed by atoms with Crippen LogP contribution in [0.3, 0.4) is 0 Å². The van der Waals surface area contributed by atoms with Crippen LogP contribution in [0.4, 0.5) is 0 Å². The Kier molecular flexibility index (Phi) is 2.42. The number of ether oxygens (including phenoxy) is 1. The Morgan fingerprint density at radius 2 is 2.16 bits per heavy atom. The van der Waals surface area contributed by atoms with Crippen molar-refractivity contribution in [1.82, 2.24) is 0 Å². The fraction of sp³-hybridized carbons (Fsp3) is 0.733. The van der Waals surface area contributed by atoms with E-state index in [0.717, 1.165) is 12.8 Å². The Balaban J connectivity index is 2.09. The molecule has 4 unspecified atom stereocenters. The third-order valence-electron chi connectivity index (χ3n) is 5.45. The number of rotatable bonds is 1. The van der Waals surface area contributed by atoms with Gasteiger partial charge in [0.15, 0.2) is 0 Å². The molecule has 1 aliphatic heterocycles. The van der Waals surface area contributed by atoms with Crippen molar-refractivity contribution in [2.45, 2.75) is 33.6 Å². The smallest absolute Gasteiger partial charge is 0.331 e. The molecule has 4 atom stereocenters. The summed E-state index contributed by atoms with van der Waals surface area (Å²) >= 11 is 0. The normalized spacial score (nSPS) is 43.2. The standard InChI is InChI=1S/C15H20O4/c1-8-13(18)19-6-11-10(12(16)17)4-9-5-14(2,3)7-15(8,9)11/h4,8-9,11H,5-7H2,1-3H3,(H,16,17). The van der Waals surface area contributed by atoms with Crippen LogP contribution in [0.5, 0.6) is 0 Å². The first kappa shape index (κ1) is 12.7. The molecule has 1 saturated heterocycles. The fourth-order valence-corrected chi connectivity index (χ4v) is 4.79. The topological polar surface area (TPSA) is 63.6 Å². The van der Waals surface area contributed by atoms with E-state index in [2.05, 4.69) is 13.8 Å². The quantitative estimate of drug-likeness (QED) is 0.738. The minimum absolute atomic E-state index is 0.135. The minimum atomic E-state index is -0.860. The third-order valence-corrected chi connectivity index (χ3v) is 5.45. The van der Waals surface area contributed by atoms with Gasteiger partial charge < -0.3 is 9.84 Å². The number of carbonyl (C=O) groups excluding carboxylic acids is 1. The van der Waals surface area contributed by atoms with E-state index in [1.165, 1.54) is 0 Å². The zero-order chi connectivity index (χ0) is 14.0. The molecule has 0 aromatic rings. The first-order valence-electron chi connectivity index (χ1n) is 6.89. The molecule has 3 rings (SSSR count). The van der Waals surface area contributed by atoms with Gasteiger partial charge in [0.25, 0.3) is 0 Å². The number of hydrogen-bond acceptors (Lipinski definition) is 3. The summed E-state index contributed by atoms with van der Waals surface area (Å²) in [5.74, 6) is -1.18. The van der Waals surface area contributed by atoms with E-state index >= 15 is 0 Å². The molecule has 1 heterocycles. The second-order valence-electron chi connectivity index (χ2n) is 7.10. The van der Waals surface area contributed by atoms with E-state index < -0.39 is 5.97 Å². The van der Waals surface area contributed by atoms with Gasteiger partial charge in [-0.15, -0.1) is 0 Å². The Bertz CT molecular complexity index is 490. The number of carbonyl (C=O) groups is 2. The van der Waals surface area contributed by atoms with Crippen LogP contribution in [0.15, 0.2) is 11.6 Å². The van der Waals surface area contributed by atoms with Gasteiger partial charge in [-0.2, -0.15) is 0 Å². The average Bonchev–Trinajstić information content (AvgIpc) is 2.72. The largest absolute Gasteiger partial charge is 0.478 e. The van der Waals surface area contributed by atoms with Crippen LogP contribution in [-0.4, -0.2) is 23.7 Å². The van der Waals surface area contributed by atoms with Crippen molar-refractivity contribution in [2.75, 3.05) is 6.61 Å². The lowest BCUT2D eigenvalue weighted by molar-refractivity contribution is -0.169. The van der Waals surface area contributed by atoms with Crippen molar-refractivity contribution >= 4 is 11.9 Å². The van der Waals surface area contributed by atoms with Gasteiger partial charge in [-0.05, 0) is 24.2 Å². The Morgan fingerprint density at radius 1 is 1.47 bits per heavy atom. The van der Waals surface area contributed by atoms with Crippen LogP contribution in [0, 0.1) is 28.6 Å². The minimum Gasteiger partial charge on any atom is -0.478 e. The van der Waals surface area contributed by atoms with Gasteiger partial charge in [0, 0.05) is 16.9 Å². The number of hydrogen-bond donors (Lipinski definition) is 1. The highest BCUT2D eigenvalue weighted by molar-refractivity contribution is 5.89. The van der Waals surface area contributed by atoms with Crippen LogP contribution < -0.4 is 0 Å². The summed E-state index contributed by atoms with van der Waals surface area (Å²) in [5.41, 5.74) is 0.391. The number of cyclic esters (lactones) is 1. The maximum atomic E-state index is 12.0. The van der Waals surface area contributed by atoms with Crippen LogP contribution in [-0.2, 0) is 14.3 Å². The molecule has 0 radical (unpaired) electrons. The molecule has 0 amide bonds. The maximum absolute atomic E-state index is 12.0. The van der Waals surface area contributed by atoms with Gasteiger partial charge in [0.05, 0.1) is 12.5 Å². The van der Waals surface area contributed by atoms with Gasteiger partial charge in [0.2, 0.25) is 0 Å². The molecule has 3 aliphatic rings. The van der Waals surface area contributed by atoms with Gasteiger partial charge in [-0.25, -0.2) is 4.79 Å². The first-order chi connectivity index (χ1) is 8.78. The second-order valence-corrected chi connectivity index (χ2v) is 7.10. The van der Waals surface area contributed by atoms with Crippen molar-refractivity contribution in [3.05, 3.63) is 11.6 Å². The monoisotopic (exact) mass is 264 g/mol. The SMILES string of the molecule is CC1C(=O)OCC2C(C(=O)O)=CC3CC(C)(C)CC312. The van der Waals surface area contributed by atoms with E-state index in [1.54, 1.807) is 0 Å². The molecule has 4 nitrogen and oxygen atoms in total. The number of carboxylic acids is 1. The van der Waals surface area contributed by atoms with Crippen molar-refractivity contribution in [1.29, 1.82) is 0 Å². The summed E-state index contributed by atoms with van der Waals surface area (Å²) < 4.78 is 5.21. The number of esters is 1. The maximum Gasteiger partial charge on any atom is 0.331 e. The van der Waals surface area contributed by atoms with Crippen molar-refractivity contribution < 1.29 is 19.4 Å². The van der Waals surface area contributed by atoms with Crippen molar-refractivity contribution in [3.63, 3.8) is 0 Å². The predicted molar refractivity (Wildman–Crippen MR) is 68.3 cm³/mol. The molecule has 19 heavy (non-hydrogen) atoms. The van der Waals surface area contributed by atoms with Crippen LogP contribution in [0.2, 0.25) is 0 Å². The number of allylic oxidation sites excluding steroid dienone is 1. The molecule has 104 valence electrons. The van der Waals surface area contributed by atoms with Gasteiger partial charge in [-0.3, -0.25) is 4.79 Å². The molecule has 0 aromatic carbocycles. The van der Waals surface area contributed by atoms with Crippen LogP contribution in [0.1, 0.15) is 33.6 Å². The number of carboxylic acid groups (broad SMARTS) is 1. The summed E-state index contributed by atoms with van der Waals surface area (Å²) in [6.07, 6.45) is 3.76. The summed E-state index contributed by atoms with van der Waals surface area (Å²) in [7, 11) is 0. The van der Waals surface area contributed by atoms with E-state index in [1.807, 2.05) is 13.0 Å². The second kappa shape index (κ2) is 3.62. The molecule has 0 bridgehead atoms. The third kappa shape index (κ3) is 1.52. The molecule has 0 aromatic heterocycles. The molecule has 2 fully saturated rings. The van der Waals surface area contributed by atoms with Crippen molar-refractivity contribution in [2.24, 2.45) is 28.6 Å². The molecule has 4 heteroatoms. The zero-order valence-corrected chi connectivity index (χ0v) is 11.6. The summed E-state index contributed by atoms with van der Waals surface area (Å²) in [4.78, 5) is 23.4. The first-order valence-corrected chi connectivity index (χ1v) is 6.89. The lowest BCUT2D eigenvalue weighted by Gasteiger charge is -2.45. The summed E-state index contributed by atoms with van der Waals surface area (Å²) in [6, 6.07) is 0. The molecule has 1 N–H and O–H groups in total. The van der Waals surface area contributed by atoms with Crippen LogP contribution >= 0.6 is 0 Å².